The minimum absolute atomic E-state index is 0.0557. The number of hydrogen-bond acceptors (Lipinski definition) is 4. The number of amides is 1. The van der Waals surface area contributed by atoms with Gasteiger partial charge in [-0.15, -0.1) is 0 Å². The average Bonchev–Trinajstić information content (AvgIpc) is 2.30. The Kier molecular flexibility index (Phi) is 5.52. The molecule has 1 aromatic rings. The number of nitrogens with one attached hydrogen (secondary N) is 1. The van der Waals surface area contributed by atoms with Crippen LogP contribution in [0.15, 0.2) is 23.1 Å². The number of nitrogens with two attached hydrogens (primary N) is 2. The Morgan fingerprint density at radius 3 is 2.45 bits per heavy atom. The van der Waals surface area contributed by atoms with E-state index in [2.05, 4.69) is 5.32 Å². The SMILES string of the molecule is CC(C)C(CN)C(=O)Nc1cc(S(N)(=O)=O)ccc1Cl. The molecule has 0 radical (unpaired) electrons. The molecule has 1 atom stereocenters. The zero-order valence-electron chi connectivity index (χ0n) is 11.3. The number of hydrogen-bond donors (Lipinski definition) is 3. The molecule has 8 heteroatoms. The molecule has 1 aromatic carbocycles. The van der Waals surface area contributed by atoms with Gasteiger partial charge in [-0.1, -0.05) is 25.4 Å². The quantitative estimate of drug-likeness (QED) is 0.755. The van der Waals surface area contributed by atoms with E-state index in [9.17, 15) is 13.2 Å². The fourth-order valence-corrected chi connectivity index (χ4v) is 2.39. The van der Waals surface area contributed by atoms with Gasteiger partial charge >= 0.3 is 0 Å². The Hall–Kier alpha value is -1.15. The third kappa shape index (κ3) is 4.17. The molecule has 0 aliphatic rings. The molecular formula is C12H18ClN3O3S. The van der Waals surface area contributed by atoms with E-state index < -0.39 is 10.0 Å². The van der Waals surface area contributed by atoms with Crippen LogP contribution in [0.3, 0.4) is 0 Å². The zero-order chi connectivity index (χ0) is 15.5. The molecule has 1 amide bonds. The molecule has 0 spiro atoms. The Bertz CT molecular complexity index is 602. The van der Waals surface area contributed by atoms with Gasteiger partial charge in [0.15, 0.2) is 0 Å². The fourth-order valence-electron chi connectivity index (χ4n) is 1.68. The lowest BCUT2D eigenvalue weighted by Crippen LogP contribution is -2.33. The van der Waals surface area contributed by atoms with Gasteiger partial charge in [-0.25, -0.2) is 13.6 Å². The summed E-state index contributed by atoms with van der Waals surface area (Å²) in [5.41, 5.74) is 5.75. The average molecular weight is 320 g/mol. The van der Waals surface area contributed by atoms with E-state index >= 15 is 0 Å². The van der Waals surface area contributed by atoms with Crippen LogP contribution >= 0.6 is 11.6 Å². The normalized spacial score (nSPS) is 13.3. The summed E-state index contributed by atoms with van der Waals surface area (Å²) in [4.78, 5) is 11.9. The minimum atomic E-state index is -3.85. The molecule has 5 N–H and O–H groups in total. The molecule has 0 bridgehead atoms. The van der Waals surface area contributed by atoms with E-state index in [1.807, 2.05) is 13.8 Å². The van der Waals surface area contributed by atoms with Crippen molar-refractivity contribution in [2.45, 2.75) is 18.7 Å². The first-order valence-electron chi connectivity index (χ1n) is 6.00. The number of rotatable bonds is 5. The molecule has 0 aliphatic heterocycles. The Balaban J connectivity index is 3.06. The lowest BCUT2D eigenvalue weighted by Gasteiger charge is -2.19. The molecule has 112 valence electrons. The van der Waals surface area contributed by atoms with Crippen molar-refractivity contribution in [3.05, 3.63) is 23.2 Å². The highest BCUT2D eigenvalue weighted by atomic mass is 35.5. The number of halogens is 1. The van der Waals surface area contributed by atoms with E-state index in [0.717, 1.165) is 0 Å². The summed E-state index contributed by atoms with van der Waals surface area (Å²) in [6.45, 7) is 3.94. The number of anilines is 1. The van der Waals surface area contributed by atoms with Crippen molar-refractivity contribution in [1.29, 1.82) is 0 Å². The molecule has 0 heterocycles. The van der Waals surface area contributed by atoms with Crippen molar-refractivity contribution in [2.75, 3.05) is 11.9 Å². The van der Waals surface area contributed by atoms with E-state index in [-0.39, 0.29) is 39.9 Å². The van der Waals surface area contributed by atoms with E-state index in [4.69, 9.17) is 22.5 Å². The molecular weight excluding hydrogens is 302 g/mol. The number of benzene rings is 1. The van der Waals surface area contributed by atoms with Gasteiger partial charge in [-0.05, 0) is 24.1 Å². The van der Waals surface area contributed by atoms with Crippen LogP contribution in [0.4, 0.5) is 5.69 Å². The maximum absolute atomic E-state index is 12.1. The molecule has 6 nitrogen and oxygen atoms in total. The van der Waals surface area contributed by atoms with Crippen molar-refractivity contribution in [1.82, 2.24) is 0 Å². The number of sulfonamides is 1. The maximum Gasteiger partial charge on any atom is 0.238 e. The maximum atomic E-state index is 12.1. The van der Waals surface area contributed by atoms with Gasteiger partial charge in [0.1, 0.15) is 0 Å². The van der Waals surface area contributed by atoms with Crippen molar-refractivity contribution in [3.63, 3.8) is 0 Å². The smallest absolute Gasteiger partial charge is 0.238 e. The zero-order valence-corrected chi connectivity index (χ0v) is 12.8. The molecule has 0 aliphatic carbocycles. The van der Waals surface area contributed by atoms with Gasteiger partial charge in [-0.3, -0.25) is 4.79 Å². The summed E-state index contributed by atoms with van der Waals surface area (Å²) in [7, 11) is -3.85. The molecule has 1 rings (SSSR count). The summed E-state index contributed by atoms with van der Waals surface area (Å²) in [5.74, 6) is -0.639. The molecule has 0 fully saturated rings. The third-order valence-electron chi connectivity index (χ3n) is 2.92. The molecule has 20 heavy (non-hydrogen) atoms. The summed E-state index contributed by atoms with van der Waals surface area (Å²) in [6.07, 6.45) is 0. The van der Waals surface area contributed by atoms with Crippen molar-refractivity contribution >= 4 is 33.2 Å². The molecule has 0 aromatic heterocycles. The Morgan fingerprint density at radius 2 is 2.00 bits per heavy atom. The van der Waals surface area contributed by atoms with Crippen LogP contribution in [0.1, 0.15) is 13.8 Å². The van der Waals surface area contributed by atoms with Crippen LogP contribution in [-0.2, 0) is 14.8 Å². The predicted octanol–water partition coefficient (Wildman–Crippen LogP) is 1.16. The monoisotopic (exact) mass is 319 g/mol. The molecule has 0 saturated carbocycles. The molecule has 0 saturated heterocycles. The highest BCUT2D eigenvalue weighted by molar-refractivity contribution is 7.89. The standard InChI is InChI=1S/C12H18ClN3O3S/c1-7(2)9(6-14)12(17)16-11-5-8(20(15,18)19)3-4-10(11)13/h3-5,7,9H,6,14H2,1-2H3,(H,16,17)(H2,15,18,19). The van der Waals surface area contributed by atoms with E-state index in [1.54, 1.807) is 0 Å². The van der Waals surface area contributed by atoms with Crippen LogP contribution in [-0.4, -0.2) is 20.9 Å². The first-order valence-corrected chi connectivity index (χ1v) is 7.92. The van der Waals surface area contributed by atoms with Gasteiger partial charge in [0.2, 0.25) is 15.9 Å². The number of carbonyl (C=O) groups is 1. The number of carbonyl (C=O) groups excluding carboxylic acids is 1. The van der Waals surface area contributed by atoms with Gasteiger partial charge < -0.3 is 11.1 Å². The first kappa shape index (κ1) is 16.9. The lowest BCUT2D eigenvalue weighted by molar-refractivity contribution is -0.120. The van der Waals surface area contributed by atoms with Crippen LogP contribution in [0, 0.1) is 11.8 Å². The second-order valence-electron chi connectivity index (χ2n) is 4.76. The highest BCUT2D eigenvalue weighted by Crippen LogP contribution is 2.25. The van der Waals surface area contributed by atoms with Gasteiger partial charge in [0.05, 0.1) is 21.5 Å². The van der Waals surface area contributed by atoms with Crippen molar-refractivity contribution in [3.8, 4) is 0 Å². The van der Waals surface area contributed by atoms with Crippen molar-refractivity contribution < 1.29 is 13.2 Å². The fraction of sp³-hybridized carbons (Fsp3) is 0.417. The largest absolute Gasteiger partial charge is 0.330 e. The first-order chi connectivity index (χ1) is 9.16. The van der Waals surface area contributed by atoms with Crippen LogP contribution in [0.2, 0.25) is 5.02 Å². The summed E-state index contributed by atoms with van der Waals surface area (Å²) >= 11 is 5.94. The van der Waals surface area contributed by atoms with Crippen LogP contribution < -0.4 is 16.2 Å². The predicted molar refractivity (Wildman–Crippen MR) is 78.8 cm³/mol. The van der Waals surface area contributed by atoms with Crippen LogP contribution in [0.5, 0.6) is 0 Å². The molecule has 1 unspecified atom stereocenters. The Morgan fingerprint density at radius 1 is 1.40 bits per heavy atom. The van der Waals surface area contributed by atoms with Crippen LogP contribution in [0.25, 0.3) is 0 Å². The van der Waals surface area contributed by atoms with Gasteiger partial charge in [-0.2, -0.15) is 0 Å². The summed E-state index contributed by atoms with van der Waals surface area (Å²) < 4.78 is 22.6. The summed E-state index contributed by atoms with van der Waals surface area (Å²) in [6, 6.07) is 3.86. The lowest BCUT2D eigenvalue weighted by atomic mass is 9.95. The topological polar surface area (TPSA) is 115 Å². The number of primary sulfonamides is 1. The third-order valence-corrected chi connectivity index (χ3v) is 4.16. The second-order valence-corrected chi connectivity index (χ2v) is 6.73. The second kappa shape index (κ2) is 6.53. The van der Waals surface area contributed by atoms with Crippen molar-refractivity contribution in [2.24, 2.45) is 22.7 Å². The minimum Gasteiger partial charge on any atom is -0.330 e. The summed E-state index contributed by atoms with van der Waals surface area (Å²) in [5, 5.41) is 7.85. The van der Waals surface area contributed by atoms with E-state index in [0.29, 0.717) is 0 Å². The highest BCUT2D eigenvalue weighted by Gasteiger charge is 2.21. The van der Waals surface area contributed by atoms with Gasteiger partial charge in [0, 0.05) is 6.54 Å². The van der Waals surface area contributed by atoms with E-state index in [1.165, 1.54) is 18.2 Å². The Labute approximate surface area is 123 Å². The van der Waals surface area contributed by atoms with Gasteiger partial charge in [0.25, 0.3) is 0 Å².